The van der Waals surface area contributed by atoms with Gasteiger partial charge in [-0.2, -0.15) is 10.5 Å². The molecule has 0 bridgehead atoms. The summed E-state index contributed by atoms with van der Waals surface area (Å²) in [7, 11) is 0. The largest absolute Gasteiger partial charge is 0.480 e. The molecule has 0 unspecified atom stereocenters. The molecule has 3 nitrogen and oxygen atoms in total. The highest BCUT2D eigenvalue weighted by molar-refractivity contribution is 7.11. The van der Waals surface area contributed by atoms with Crippen LogP contribution in [0.1, 0.15) is 42.5 Å². The van der Waals surface area contributed by atoms with Gasteiger partial charge in [0.15, 0.2) is 11.3 Å². The molecule has 1 aromatic heterocycles. The van der Waals surface area contributed by atoms with Crippen molar-refractivity contribution in [3.8, 4) is 12.1 Å². The number of nitriles is 2. The van der Waals surface area contributed by atoms with E-state index in [2.05, 4.69) is 24.3 Å². The van der Waals surface area contributed by atoms with Crippen LogP contribution in [0.25, 0.3) is 11.6 Å². The molecule has 2 heterocycles. The first-order valence-corrected chi connectivity index (χ1v) is 10.4. The molecule has 2 aliphatic rings. The Morgan fingerprint density at radius 2 is 1.71 bits per heavy atom. The van der Waals surface area contributed by atoms with Crippen LogP contribution in [0.3, 0.4) is 0 Å². The number of allylic oxidation sites excluding steroid dienone is 2. The molecular weight excluding hydrogens is 364 g/mol. The van der Waals surface area contributed by atoms with Gasteiger partial charge < -0.3 is 4.74 Å². The lowest BCUT2D eigenvalue weighted by molar-refractivity contribution is 0.0265. The zero-order valence-electron chi connectivity index (χ0n) is 15.5. The average molecular weight is 385 g/mol. The van der Waals surface area contributed by atoms with Gasteiger partial charge in [0.25, 0.3) is 0 Å². The summed E-state index contributed by atoms with van der Waals surface area (Å²) in [6.45, 7) is 0. The lowest BCUT2D eigenvalue weighted by atomic mass is 9.78. The summed E-state index contributed by atoms with van der Waals surface area (Å²) in [6.07, 6.45) is 9.41. The molecule has 0 saturated heterocycles. The lowest BCUT2D eigenvalue weighted by Gasteiger charge is -2.34. The van der Waals surface area contributed by atoms with Crippen molar-refractivity contribution in [2.45, 2.75) is 37.7 Å². The van der Waals surface area contributed by atoms with Crippen LogP contribution >= 0.6 is 11.3 Å². The Morgan fingerprint density at radius 3 is 2.36 bits per heavy atom. The molecule has 4 rings (SSSR count). The molecule has 4 heteroatoms. The van der Waals surface area contributed by atoms with Crippen molar-refractivity contribution in [2.24, 2.45) is 0 Å². The Balaban J connectivity index is 1.93. The van der Waals surface area contributed by atoms with E-state index in [1.807, 2.05) is 47.9 Å². The van der Waals surface area contributed by atoms with Crippen molar-refractivity contribution in [3.63, 3.8) is 0 Å². The van der Waals surface area contributed by atoms with Crippen molar-refractivity contribution >= 4 is 23.0 Å². The molecule has 138 valence electrons. The molecule has 0 N–H and O–H groups in total. The topological polar surface area (TPSA) is 56.8 Å². The Labute approximate surface area is 169 Å². The predicted molar refractivity (Wildman–Crippen MR) is 112 cm³/mol. The Morgan fingerprint density at radius 1 is 0.964 bits per heavy atom. The molecular formula is C24H20N2OS. The average Bonchev–Trinajstić information content (AvgIpc) is 3.36. The van der Waals surface area contributed by atoms with Crippen molar-refractivity contribution in [3.05, 3.63) is 81.3 Å². The first kappa shape index (κ1) is 18.3. The molecule has 1 fully saturated rings. The molecule has 1 aliphatic heterocycles. The minimum absolute atomic E-state index is 0.0523. The predicted octanol–water partition coefficient (Wildman–Crippen LogP) is 6.25. The number of hydrogen-bond donors (Lipinski definition) is 0. The van der Waals surface area contributed by atoms with Crippen LogP contribution in [0.15, 0.2) is 70.8 Å². The molecule has 1 aromatic carbocycles. The summed E-state index contributed by atoms with van der Waals surface area (Å²) in [5.41, 5.74) is 2.72. The second-order valence-corrected chi connectivity index (χ2v) is 8.04. The maximum atomic E-state index is 9.54. The SMILES string of the molecule is N#CC(C#N)=C1OC2(CCCCC2)C(/C=C/c2ccccc2)=C1c1cccs1. The van der Waals surface area contributed by atoms with Gasteiger partial charge in [-0.15, -0.1) is 11.3 Å². The molecule has 2 aromatic rings. The molecule has 0 amide bonds. The van der Waals surface area contributed by atoms with Gasteiger partial charge in [-0.3, -0.25) is 0 Å². The van der Waals surface area contributed by atoms with Crippen LogP contribution in [0.2, 0.25) is 0 Å². The fourth-order valence-electron chi connectivity index (χ4n) is 4.09. The number of thiophene rings is 1. The smallest absolute Gasteiger partial charge is 0.172 e. The first-order valence-electron chi connectivity index (χ1n) is 9.53. The molecule has 0 radical (unpaired) electrons. The molecule has 0 atom stereocenters. The third-order valence-corrected chi connectivity index (χ3v) is 6.29. The van der Waals surface area contributed by atoms with Gasteiger partial charge in [-0.05, 0) is 42.7 Å². The van der Waals surface area contributed by atoms with E-state index in [0.29, 0.717) is 5.76 Å². The highest BCUT2D eigenvalue weighted by Gasteiger charge is 2.46. The van der Waals surface area contributed by atoms with E-state index in [0.717, 1.165) is 47.3 Å². The summed E-state index contributed by atoms with van der Waals surface area (Å²) < 4.78 is 6.49. The van der Waals surface area contributed by atoms with Crippen LogP contribution in [-0.2, 0) is 4.74 Å². The second-order valence-electron chi connectivity index (χ2n) is 7.09. The number of benzene rings is 1. The summed E-state index contributed by atoms with van der Waals surface area (Å²) in [6, 6.07) is 18.3. The van der Waals surface area contributed by atoms with Crippen LogP contribution in [0.5, 0.6) is 0 Å². The van der Waals surface area contributed by atoms with Crippen molar-refractivity contribution < 1.29 is 4.74 Å². The monoisotopic (exact) mass is 384 g/mol. The maximum Gasteiger partial charge on any atom is 0.172 e. The van der Waals surface area contributed by atoms with Gasteiger partial charge >= 0.3 is 0 Å². The van der Waals surface area contributed by atoms with E-state index in [9.17, 15) is 10.5 Å². The van der Waals surface area contributed by atoms with Gasteiger partial charge in [-0.25, -0.2) is 0 Å². The number of ether oxygens (including phenoxy) is 1. The molecule has 1 aliphatic carbocycles. The van der Waals surface area contributed by atoms with E-state index in [1.54, 1.807) is 11.3 Å². The van der Waals surface area contributed by atoms with E-state index < -0.39 is 5.60 Å². The summed E-state index contributed by atoms with van der Waals surface area (Å²) >= 11 is 1.61. The van der Waals surface area contributed by atoms with Crippen molar-refractivity contribution in [1.29, 1.82) is 10.5 Å². The fourth-order valence-corrected chi connectivity index (χ4v) is 4.87. The zero-order valence-corrected chi connectivity index (χ0v) is 16.3. The minimum Gasteiger partial charge on any atom is -0.480 e. The van der Waals surface area contributed by atoms with Gasteiger partial charge in [0.2, 0.25) is 0 Å². The Bertz CT molecular complexity index is 1010. The minimum atomic E-state index is -0.447. The third kappa shape index (κ3) is 3.28. The van der Waals surface area contributed by atoms with Gasteiger partial charge in [0.1, 0.15) is 17.7 Å². The quantitative estimate of drug-likeness (QED) is 0.588. The number of rotatable bonds is 3. The zero-order chi connectivity index (χ0) is 19.4. The second kappa shape index (κ2) is 7.89. The molecule has 1 spiro atoms. The summed E-state index contributed by atoms with van der Waals surface area (Å²) in [4.78, 5) is 1.04. The van der Waals surface area contributed by atoms with Gasteiger partial charge in [0, 0.05) is 16.0 Å². The summed E-state index contributed by atoms with van der Waals surface area (Å²) in [5, 5.41) is 21.1. The molecule has 1 saturated carbocycles. The lowest BCUT2D eigenvalue weighted by Crippen LogP contribution is -2.33. The normalized spacial score (nSPS) is 18.1. The van der Waals surface area contributed by atoms with E-state index in [4.69, 9.17) is 4.74 Å². The van der Waals surface area contributed by atoms with E-state index in [-0.39, 0.29) is 5.57 Å². The van der Waals surface area contributed by atoms with Crippen LogP contribution < -0.4 is 0 Å². The maximum absolute atomic E-state index is 9.54. The Kier molecular flexibility index (Phi) is 5.15. The Hall–Kier alpha value is -3.08. The third-order valence-electron chi connectivity index (χ3n) is 5.41. The van der Waals surface area contributed by atoms with Crippen LogP contribution in [0.4, 0.5) is 0 Å². The fraction of sp³-hybridized carbons (Fsp3) is 0.250. The van der Waals surface area contributed by atoms with Crippen molar-refractivity contribution in [1.82, 2.24) is 0 Å². The van der Waals surface area contributed by atoms with Crippen molar-refractivity contribution in [2.75, 3.05) is 0 Å². The van der Waals surface area contributed by atoms with Gasteiger partial charge in [-0.1, -0.05) is 55.0 Å². The highest BCUT2D eigenvalue weighted by atomic mass is 32.1. The highest BCUT2D eigenvalue weighted by Crippen LogP contribution is 2.52. The first-order chi connectivity index (χ1) is 13.8. The van der Waals surface area contributed by atoms with Crippen LogP contribution in [-0.4, -0.2) is 5.60 Å². The summed E-state index contributed by atoms with van der Waals surface area (Å²) in [5.74, 6) is 0.446. The number of nitrogens with zero attached hydrogens (tertiary/aromatic N) is 2. The van der Waals surface area contributed by atoms with Crippen LogP contribution in [0, 0.1) is 22.7 Å². The van der Waals surface area contributed by atoms with E-state index >= 15 is 0 Å². The van der Waals surface area contributed by atoms with Gasteiger partial charge in [0.05, 0.1) is 0 Å². The molecule has 28 heavy (non-hydrogen) atoms. The standard InChI is InChI=1S/C24H20N2OS/c25-16-19(17-26)23-22(21-10-7-15-28-21)20(12-11-18-8-3-1-4-9-18)24(27-23)13-5-2-6-14-24/h1,3-4,7-12,15H,2,5-6,13-14H2/b12-11+. The number of hydrogen-bond acceptors (Lipinski definition) is 4. The van der Waals surface area contributed by atoms with E-state index in [1.165, 1.54) is 6.42 Å².